The van der Waals surface area contributed by atoms with Crippen LogP contribution in [0, 0.1) is 0 Å². The van der Waals surface area contributed by atoms with Gasteiger partial charge in [-0.15, -0.1) is 0 Å². The molecule has 0 aliphatic carbocycles. The Morgan fingerprint density at radius 3 is 2.70 bits per heavy atom. The molecular weight excluding hydrogens is 360 g/mol. The molecule has 120 valence electrons. The van der Waals surface area contributed by atoms with Gasteiger partial charge in [0, 0.05) is 0 Å². The molecule has 0 radical (unpaired) electrons. The molecule has 0 saturated carbocycles. The predicted octanol–water partition coefficient (Wildman–Crippen LogP) is 3.25. The lowest BCUT2D eigenvalue weighted by Crippen LogP contribution is -2.19. The number of aromatic hydroxyl groups is 1. The molecule has 23 heavy (non-hydrogen) atoms. The molecule has 1 amide bonds. The number of nitrogens with zero attached hydrogens (tertiary/aromatic N) is 1. The largest absolute Gasteiger partial charge is 0.508 e. The maximum atomic E-state index is 11.8. The van der Waals surface area contributed by atoms with Gasteiger partial charge in [-0.3, -0.25) is 4.79 Å². The number of benzene rings is 2. The first-order valence-electron chi connectivity index (χ1n) is 7.10. The molecule has 0 saturated heterocycles. The van der Waals surface area contributed by atoms with Gasteiger partial charge < -0.3 is 9.84 Å². The Labute approximate surface area is 143 Å². The molecule has 0 spiro atoms. The minimum absolute atomic E-state index is 0.174. The molecule has 2 N–H and O–H groups in total. The Morgan fingerprint density at radius 1 is 1.30 bits per heavy atom. The van der Waals surface area contributed by atoms with Crippen LogP contribution in [0.15, 0.2) is 52.0 Å². The van der Waals surface area contributed by atoms with E-state index in [1.807, 2.05) is 25.1 Å². The normalized spacial score (nSPS) is 10.7. The minimum Gasteiger partial charge on any atom is -0.508 e. The Morgan fingerprint density at radius 2 is 2.04 bits per heavy atom. The fraction of sp³-hybridized carbons (Fsp3) is 0.176. The van der Waals surface area contributed by atoms with Crippen LogP contribution in [0.5, 0.6) is 11.5 Å². The van der Waals surface area contributed by atoms with Crippen LogP contribution in [0.3, 0.4) is 0 Å². The highest BCUT2D eigenvalue weighted by atomic mass is 79.9. The number of amides is 1. The highest BCUT2D eigenvalue weighted by Gasteiger charge is 2.03. The lowest BCUT2D eigenvalue weighted by Gasteiger charge is -2.05. The van der Waals surface area contributed by atoms with Crippen LogP contribution in [-0.2, 0) is 11.2 Å². The van der Waals surface area contributed by atoms with Gasteiger partial charge in [0.15, 0.2) is 0 Å². The Balaban J connectivity index is 1.89. The van der Waals surface area contributed by atoms with E-state index in [4.69, 9.17) is 4.74 Å². The van der Waals surface area contributed by atoms with E-state index in [9.17, 15) is 9.90 Å². The van der Waals surface area contributed by atoms with Gasteiger partial charge in [0.25, 0.3) is 0 Å². The molecule has 0 aliphatic heterocycles. The summed E-state index contributed by atoms with van der Waals surface area (Å²) in [5.74, 6) is 0.714. The number of hydrazone groups is 1. The summed E-state index contributed by atoms with van der Waals surface area (Å²) in [6, 6.07) is 12.0. The summed E-state index contributed by atoms with van der Waals surface area (Å²) >= 11 is 3.42. The second kappa shape index (κ2) is 8.33. The van der Waals surface area contributed by atoms with Gasteiger partial charge in [-0.25, -0.2) is 5.43 Å². The monoisotopic (exact) mass is 376 g/mol. The predicted molar refractivity (Wildman–Crippen MR) is 92.9 cm³/mol. The van der Waals surface area contributed by atoms with E-state index >= 15 is 0 Å². The number of hydrogen-bond donors (Lipinski definition) is 2. The number of halogens is 1. The van der Waals surface area contributed by atoms with Gasteiger partial charge in [-0.05, 0) is 64.3 Å². The van der Waals surface area contributed by atoms with Crippen molar-refractivity contribution >= 4 is 28.1 Å². The van der Waals surface area contributed by atoms with E-state index in [2.05, 4.69) is 26.5 Å². The second-order valence-corrected chi connectivity index (χ2v) is 5.61. The fourth-order valence-electron chi connectivity index (χ4n) is 1.89. The first-order chi connectivity index (χ1) is 11.1. The van der Waals surface area contributed by atoms with Crippen LogP contribution < -0.4 is 10.2 Å². The molecule has 5 nitrogen and oxygen atoms in total. The Hall–Kier alpha value is -2.34. The average molecular weight is 377 g/mol. The van der Waals surface area contributed by atoms with Crippen LogP contribution in [0.4, 0.5) is 0 Å². The van der Waals surface area contributed by atoms with Gasteiger partial charge in [0.05, 0.1) is 23.7 Å². The van der Waals surface area contributed by atoms with E-state index in [0.717, 1.165) is 21.3 Å². The summed E-state index contributed by atoms with van der Waals surface area (Å²) < 4.78 is 6.26. The van der Waals surface area contributed by atoms with Gasteiger partial charge in [0.2, 0.25) is 5.91 Å². The van der Waals surface area contributed by atoms with Crippen LogP contribution in [0.2, 0.25) is 0 Å². The first-order valence-corrected chi connectivity index (χ1v) is 7.90. The minimum atomic E-state index is -0.225. The van der Waals surface area contributed by atoms with Gasteiger partial charge in [0.1, 0.15) is 11.5 Å². The third-order valence-electron chi connectivity index (χ3n) is 2.96. The molecule has 0 bridgehead atoms. The molecular formula is C17H17BrN2O3. The number of carbonyl (C=O) groups is 1. The smallest absolute Gasteiger partial charge is 0.244 e. The molecule has 0 fully saturated rings. The lowest BCUT2D eigenvalue weighted by atomic mass is 10.1. The molecule has 0 unspecified atom stereocenters. The van der Waals surface area contributed by atoms with Crippen molar-refractivity contribution in [3.05, 3.63) is 58.1 Å². The Kier molecular flexibility index (Phi) is 6.17. The average Bonchev–Trinajstić information content (AvgIpc) is 2.52. The van der Waals surface area contributed by atoms with E-state index in [0.29, 0.717) is 6.61 Å². The Bertz CT molecular complexity index is 699. The van der Waals surface area contributed by atoms with Crippen molar-refractivity contribution in [2.45, 2.75) is 13.3 Å². The molecule has 0 aromatic heterocycles. The zero-order valence-electron chi connectivity index (χ0n) is 12.6. The molecule has 0 heterocycles. The highest BCUT2D eigenvalue weighted by Crippen LogP contribution is 2.25. The maximum absolute atomic E-state index is 11.8. The number of rotatable bonds is 6. The number of carbonyl (C=O) groups excluding carboxylic acids is 1. The van der Waals surface area contributed by atoms with E-state index < -0.39 is 0 Å². The van der Waals surface area contributed by atoms with Crippen molar-refractivity contribution in [1.29, 1.82) is 0 Å². The zero-order valence-corrected chi connectivity index (χ0v) is 14.2. The number of phenolic OH excluding ortho intramolecular Hbond substituents is 1. The molecule has 0 aliphatic rings. The molecule has 0 atom stereocenters. The number of hydrogen-bond acceptors (Lipinski definition) is 4. The van der Waals surface area contributed by atoms with Crippen molar-refractivity contribution in [2.75, 3.05) is 6.61 Å². The van der Waals surface area contributed by atoms with Crippen molar-refractivity contribution in [3.8, 4) is 11.5 Å². The topological polar surface area (TPSA) is 70.9 Å². The summed E-state index contributed by atoms with van der Waals surface area (Å²) in [7, 11) is 0. The lowest BCUT2D eigenvalue weighted by molar-refractivity contribution is -0.120. The SMILES string of the molecule is CCOc1ccc(/C=N\NC(=O)Cc2ccc(O)cc2)cc1Br. The van der Waals surface area contributed by atoms with Crippen LogP contribution >= 0.6 is 15.9 Å². The second-order valence-electron chi connectivity index (χ2n) is 4.76. The zero-order chi connectivity index (χ0) is 16.7. The van der Waals surface area contributed by atoms with Crippen LogP contribution in [0.1, 0.15) is 18.1 Å². The van der Waals surface area contributed by atoms with Gasteiger partial charge >= 0.3 is 0 Å². The molecule has 2 aromatic rings. The highest BCUT2D eigenvalue weighted by molar-refractivity contribution is 9.10. The van der Waals surface area contributed by atoms with Gasteiger partial charge in [-0.2, -0.15) is 5.10 Å². The number of ether oxygens (including phenoxy) is 1. The standard InChI is InChI=1S/C17H17BrN2O3/c1-2-23-16-8-5-13(9-15(16)18)11-19-20-17(22)10-12-3-6-14(21)7-4-12/h3-9,11,21H,2,10H2,1H3,(H,20,22)/b19-11-. The van der Waals surface area contributed by atoms with E-state index in [1.165, 1.54) is 0 Å². The first kappa shape index (κ1) is 17.0. The third kappa shape index (κ3) is 5.41. The summed E-state index contributed by atoms with van der Waals surface area (Å²) in [6.45, 7) is 2.52. The molecule has 2 aromatic carbocycles. The third-order valence-corrected chi connectivity index (χ3v) is 3.58. The van der Waals surface area contributed by atoms with E-state index in [-0.39, 0.29) is 18.1 Å². The van der Waals surface area contributed by atoms with Crippen LogP contribution in [-0.4, -0.2) is 23.8 Å². The summed E-state index contributed by atoms with van der Waals surface area (Å²) in [5.41, 5.74) is 4.12. The fourth-order valence-corrected chi connectivity index (χ4v) is 2.40. The van der Waals surface area contributed by atoms with Crippen LogP contribution in [0.25, 0.3) is 0 Å². The number of phenols is 1. The van der Waals surface area contributed by atoms with E-state index in [1.54, 1.807) is 30.5 Å². The summed E-state index contributed by atoms with van der Waals surface area (Å²) in [5, 5.41) is 13.1. The van der Waals surface area contributed by atoms with Gasteiger partial charge in [-0.1, -0.05) is 12.1 Å². The maximum Gasteiger partial charge on any atom is 0.244 e. The van der Waals surface area contributed by atoms with Crippen molar-refractivity contribution in [3.63, 3.8) is 0 Å². The molecule has 2 rings (SSSR count). The van der Waals surface area contributed by atoms with Crippen molar-refractivity contribution in [2.24, 2.45) is 5.10 Å². The summed E-state index contributed by atoms with van der Waals surface area (Å²) in [4.78, 5) is 11.8. The summed E-state index contributed by atoms with van der Waals surface area (Å²) in [6.07, 6.45) is 1.76. The van der Waals surface area contributed by atoms with Crippen molar-refractivity contribution < 1.29 is 14.6 Å². The van der Waals surface area contributed by atoms with Crippen molar-refractivity contribution in [1.82, 2.24) is 5.43 Å². The number of nitrogens with one attached hydrogen (secondary N) is 1. The quantitative estimate of drug-likeness (QED) is 0.600. The molecule has 6 heteroatoms.